The van der Waals surface area contributed by atoms with Crippen LogP contribution in [-0.2, 0) is 11.2 Å². The van der Waals surface area contributed by atoms with Gasteiger partial charge in [0.15, 0.2) is 6.39 Å². The van der Waals surface area contributed by atoms with Gasteiger partial charge in [0.2, 0.25) is 5.76 Å². The number of aryl methyl sites for hydroxylation is 1. The predicted octanol–water partition coefficient (Wildman–Crippen LogP) is 0.938. The summed E-state index contributed by atoms with van der Waals surface area (Å²) in [4.78, 5) is 26.3. The standard InChI is InChI=1S/C14H16N4O3/c19-14(13-8-16-10-21-13)18-5-6-20-9-12(18)2-1-11-7-15-3-4-17-11/h3-4,7-8,10,12H,1-2,5-6,9H2/t12-/m0/s1. The maximum Gasteiger partial charge on any atom is 0.291 e. The van der Waals surface area contributed by atoms with E-state index >= 15 is 0 Å². The van der Waals surface area contributed by atoms with Crippen molar-refractivity contribution in [3.05, 3.63) is 42.6 Å². The van der Waals surface area contributed by atoms with Gasteiger partial charge in [0.1, 0.15) is 0 Å². The normalized spacial score (nSPS) is 18.7. The molecule has 7 heteroatoms. The molecule has 110 valence electrons. The topological polar surface area (TPSA) is 81.4 Å². The van der Waals surface area contributed by atoms with Gasteiger partial charge in [0.25, 0.3) is 5.91 Å². The lowest BCUT2D eigenvalue weighted by Gasteiger charge is -2.35. The molecule has 0 radical (unpaired) electrons. The van der Waals surface area contributed by atoms with Crippen LogP contribution in [-0.4, -0.2) is 51.6 Å². The van der Waals surface area contributed by atoms with Gasteiger partial charge < -0.3 is 14.1 Å². The fourth-order valence-electron chi connectivity index (χ4n) is 2.40. The second-order valence-electron chi connectivity index (χ2n) is 4.83. The molecule has 0 spiro atoms. The number of carbonyl (C=O) groups excluding carboxylic acids is 1. The van der Waals surface area contributed by atoms with E-state index in [1.54, 1.807) is 23.5 Å². The summed E-state index contributed by atoms with van der Waals surface area (Å²) in [5, 5.41) is 0. The molecule has 1 saturated heterocycles. The summed E-state index contributed by atoms with van der Waals surface area (Å²) in [6.07, 6.45) is 9.30. The van der Waals surface area contributed by atoms with Crippen molar-refractivity contribution in [2.75, 3.05) is 19.8 Å². The first kappa shape index (κ1) is 13.7. The molecule has 1 amide bonds. The highest BCUT2D eigenvalue weighted by Crippen LogP contribution is 2.16. The molecule has 21 heavy (non-hydrogen) atoms. The van der Waals surface area contributed by atoms with E-state index in [9.17, 15) is 4.79 Å². The molecule has 2 aromatic heterocycles. The molecule has 0 aliphatic carbocycles. The van der Waals surface area contributed by atoms with Crippen LogP contribution in [0.2, 0.25) is 0 Å². The quantitative estimate of drug-likeness (QED) is 0.832. The Morgan fingerprint density at radius 3 is 3.05 bits per heavy atom. The first-order chi connectivity index (χ1) is 10.3. The highest BCUT2D eigenvalue weighted by atomic mass is 16.5. The zero-order valence-corrected chi connectivity index (χ0v) is 11.5. The van der Waals surface area contributed by atoms with Gasteiger partial charge in [-0.3, -0.25) is 14.8 Å². The average Bonchev–Trinajstić information content (AvgIpc) is 3.08. The van der Waals surface area contributed by atoms with Crippen molar-refractivity contribution in [3.63, 3.8) is 0 Å². The molecule has 1 fully saturated rings. The molecule has 1 aliphatic rings. The monoisotopic (exact) mass is 288 g/mol. The van der Waals surface area contributed by atoms with Crippen LogP contribution in [0, 0.1) is 0 Å². The highest BCUT2D eigenvalue weighted by Gasteiger charge is 2.29. The first-order valence-electron chi connectivity index (χ1n) is 6.86. The number of hydrogen-bond acceptors (Lipinski definition) is 6. The molecular formula is C14H16N4O3. The number of aromatic nitrogens is 3. The third-order valence-electron chi connectivity index (χ3n) is 3.48. The van der Waals surface area contributed by atoms with Crippen molar-refractivity contribution in [3.8, 4) is 0 Å². The maximum absolute atomic E-state index is 12.4. The van der Waals surface area contributed by atoms with Gasteiger partial charge in [-0.25, -0.2) is 4.98 Å². The van der Waals surface area contributed by atoms with E-state index in [0.29, 0.717) is 19.8 Å². The van der Waals surface area contributed by atoms with Gasteiger partial charge in [-0.2, -0.15) is 0 Å². The number of morpholine rings is 1. The van der Waals surface area contributed by atoms with Crippen LogP contribution < -0.4 is 0 Å². The van der Waals surface area contributed by atoms with E-state index in [-0.39, 0.29) is 17.7 Å². The van der Waals surface area contributed by atoms with E-state index in [1.165, 1.54) is 12.6 Å². The molecule has 3 rings (SSSR count). The van der Waals surface area contributed by atoms with Crippen LogP contribution in [0.25, 0.3) is 0 Å². The first-order valence-corrected chi connectivity index (χ1v) is 6.86. The average molecular weight is 288 g/mol. The summed E-state index contributed by atoms with van der Waals surface area (Å²) in [5.41, 5.74) is 0.912. The number of rotatable bonds is 4. The third-order valence-corrected chi connectivity index (χ3v) is 3.48. The molecule has 0 bridgehead atoms. The Hall–Kier alpha value is -2.28. The molecule has 1 aliphatic heterocycles. The minimum Gasteiger partial charge on any atom is -0.438 e. The molecule has 1 atom stereocenters. The van der Waals surface area contributed by atoms with Crippen LogP contribution >= 0.6 is 0 Å². The number of amides is 1. The van der Waals surface area contributed by atoms with Gasteiger partial charge >= 0.3 is 0 Å². The van der Waals surface area contributed by atoms with Crippen molar-refractivity contribution < 1.29 is 13.9 Å². The van der Waals surface area contributed by atoms with E-state index in [2.05, 4.69) is 15.0 Å². The lowest BCUT2D eigenvalue weighted by Crippen LogP contribution is -2.48. The van der Waals surface area contributed by atoms with E-state index in [4.69, 9.17) is 9.15 Å². The zero-order chi connectivity index (χ0) is 14.5. The van der Waals surface area contributed by atoms with Crippen LogP contribution in [0.3, 0.4) is 0 Å². The summed E-state index contributed by atoms with van der Waals surface area (Å²) in [7, 11) is 0. The van der Waals surface area contributed by atoms with E-state index in [0.717, 1.165) is 18.5 Å². The molecule has 2 aromatic rings. The lowest BCUT2D eigenvalue weighted by molar-refractivity contribution is -0.00565. The SMILES string of the molecule is O=C(c1cnco1)N1CCOC[C@@H]1CCc1cnccn1. The second-order valence-corrected chi connectivity index (χ2v) is 4.83. The Morgan fingerprint density at radius 2 is 2.29 bits per heavy atom. The second kappa shape index (κ2) is 6.45. The maximum atomic E-state index is 12.4. The van der Waals surface area contributed by atoms with Crippen LogP contribution in [0.4, 0.5) is 0 Å². The van der Waals surface area contributed by atoms with Crippen molar-refractivity contribution in [2.45, 2.75) is 18.9 Å². The van der Waals surface area contributed by atoms with Gasteiger partial charge in [-0.15, -0.1) is 0 Å². The molecule has 0 saturated carbocycles. The Labute approximate surface area is 122 Å². The summed E-state index contributed by atoms with van der Waals surface area (Å²) in [5.74, 6) is 0.126. The molecule has 0 aromatic carbocycles. The van der Waals surface area contributed by atoms with Crippen molar-refractivity contribution in [1.82, 2.24) is 19.9 Å². The highest BCUT2D eigenvalue weighted by molar-refractivity contribution is 5.91. The number of hydrogen-bond donors (Lipinski definition) is 0. The largest absolute Gasteiger partial charge is 0.438 e. The Balaban J connectivity index is 1.65. The Kier molecular flexibility index (Phi) is 4.20. The van der Waals surface area contributed by atoms with Gasteiger partial charge in [0.05, 0.1) is 31.1 Å². The van der Waals surface area contributed by atoms with Crippen LogP contribution in [0.15, 0.2) is 35.6 Å². The van der Waals surface area contributed by atoms with Gasteiger partial charge in [-0.1, -0.05) is 0 Å². The number of nitrogens with zero attached hydrogens (tertiary/aromatic N) is 4. The lowest BCUT2D eigenvalue weighted by atomic mass is 10.1. The summed E-state index contributed by atoms with van der Waals surface area (Å²) < 4.78 is 10.6. The summed E-state index contributed by atoms with van der Waals surface area (Å²) in [6.45, 7) is 1.63. The fourth-order valence-corrected chi connectivity index (χ4v) is 2.40. The van der Waals surface area contributed by atoms with Gasteiger partial charge in [0, 0.05) is 25.1 Å². The number of carbonyl (C=O) groups is 1. The number of ether oxygens (including phenoxy) is 1. The van der Waals surface area contributed by atoms with Crippen molar-refractivity contribution in [1.29, 1.82) is 0 Å². The molecular weight excluding hydrogens is 272 g/mol. The van der Waals surface area contributed by atoms with Crippen molar-refractivity contribution >= 4 is 5.91 Å². The molecule has 0 unspecified atom stereocenters. The number of oxazole rings is 1. The fraction of sp³-hybridized carbons (Fsp3) is 0.429. The summed E-state index contributed by atoms with van der Waals surface area (Å²) in [6, 6.07) is 0.0124. The summed E-state index contributed by atoms with van der Waals surface area (Å²) >= 11 is 0. The molecule has 7 nitrogen and oxygen atoms in total. The van der Waals surface area contributed by atoms with Crippen LogP contribution in [0.5, 0.6) is 0 Å². The van der Waals surface area contributed by atoms with Crippen LogP contribution in [0.1, 0.15) is 22.7 Å². The third kappa shape index (κ3) is 3.25. The minimum atomic E-state index is -0.139. The molecule has 3 heterocycles. The minimum absolute atomic E-state index is 0.0124. The smallest absolute Gasteiger partial charge is 0.291 e. The Morgan fingerprint density at radius 1 is 1.33 bits per heavy atom. The molecule has 0 N–H and O–H groups in total. The Bertz CT molecular complexity index is 573. The van der Waals surface area contributed by atoms with Crippen molar-refractivity contribution in [2.24, 2.45) is 0 Å². The van der Waals surface area contributed by atoms with Gasteiger partial charge in [-0.05, 0) is 12.8 Å². The van der Waals surface area contributed by atoms with E-state index < -0.39 is 0 Å². The zero-order valence-electron chi connectivity index (χ0n) is 11.5. The predicted molar refractivity (Wildman–Crippen MR) is 72.5 cm³/mol. The van der Waals surface area contributed by atoms with E-state index in [1.807, 2.05) is 0 Å².